The molecule has 0 spiro atoms. The van der Waals surface area contributed by atoms with Crippen molar-refractivity contribution in [1.82, 2.24) is 9.47 Å². The van der Waals surface area contributed by atoms with Gasteiger partial charge in [0.2, 0.25) is 0 Å². The lowest BCUT2D eigenvalue weighted by atomic mass is 10.2. The van der Waals surface area contributed by atoms with Crippen LogP contribution in [-0.4, -0.2) is 41.2 Å². The first-order chi connectivity index (χ1) is 7.56. The van der Waals surface area contributed by atoms with E-state index in [2.05, 4.69) is 4.90 Å². The molecule has 1 aromatic rings. The Balaban J connectivity index is 2.69. The van der Waals surface area contributed by atoms with Crippen molar-refractivity contribution in [3.05, 3.63) is 23.5 Å². The molecule has 4 heteroatoms. The largest absolute Gasteiger partial charge is 0.478 e. The summed E-state index contributed by atoms with van der Waals surface area (Å²) in [6.45, 7) is 3.89. The molecule has 4 nitrogen and oxygen atoms in total. The number of hydrogen-bond donors (Lipinski definition) is 1. The molecule has 0 amide bonds. The number of rotatable bonds is 6. The van der Waals surface area contributed by atoms with Gasteiger partial charge in [-0.05, 0) is 39.5 Å². The Morgan fingerprint density at radius 1 is 1.50 bits per heavy atom. The Labute approximate surface area is 96.5 Å². The summed E-state index contributed by atoms with van der Waals surface area (Å²) in [7, 11) is 4.08. The second-order valence-electron chi connectivity index (χ2n) is 4.19. The van der Waals surface area contributed by atoms with E-state index >= 15 is 0 Å². The van der Waals surface area contributed by atoms with Gasteiger partial charge in [-0.3, -0.25) is 0 Å². The number of nitrogens with zero attached hydrogens (tertiary/aromatic N) is 2. The zero-order valence-corrected chi connectivity index (χ0v) is 10.2. The summed E-state index contributed by atoms with van der Waals surface area (Å²) < 4.78 is 2.05. The second kappa shape index (κ2) is 5.70. The summed E-state index contributed by atoms with van der Waals surface area (Å²) in [4.78, 5) is 13.1. The van der Waals surface area contributed by atoms with E-state index < -0.39 is 5.97 Å². The highest BCUT2D eigenvalue weighted by Gasteiger charge is 2.12. The Kier molecular flexibility index (Phi) is 4.55. The number of hydrogen-bond acceptors (Lipinski definition) is 2. The van der Waals surface area contributed by atoms with Crippen LogP contribution in [-0.2, 0) is 13.0 Å². The first-order valence-electron chi connectivity index (χ1n) is 5.62. The molecule has 90 valence electrons. The van der Waals surface area contributed by atoms with E-state index in [1.165, 1.54) is 0 Å². The molecule has 0 radical (unpaired) electrons. The van der Waals surface area contributed by atoms with Crippen LogP contribution >= 0.6 is 0 Å². The molecule has 16 heavy (non-hydrogen) atoms. The fraction of sp³-hybridized carbons (Fsp3) is 0.583. The quantitative estimate of drug-likeness (QED) is 0.800. The minimum Gasteiger partial charge on any atom is -0.478 e. The molecule has 0 fully saturated rings. The molecule has 1 heterocycles. The van der Waals surface area contributed by atoms with Gasteiger partial charge in [0.25, 0.3) is 0 Å². The normalized spacial score (nSPS) is 11.0. The third-order valence-electron chi connectivity index (χ3n) is 2.65. The van der Waals surface area contributed by atoms with Gasteiger partial charge in [0, 0.05) is 18.4 Å². The van der Waals surface area contributed by atoms with Crippen molar-refractivity contribution < 1.29 is 9.90 Å². The van der Waals surface area contributed by atoms with Crippen molar-refractivity contribution in [2.45, 2.75) is 26.3 Å². The maximum absolute atomic E-state index is 11.0. The number of carbonyl (C=O) groups is 1. The lowest BCUT2D eigenvalue weighted by molar-refractivity contribution is 0.0695. The molecule has 1 aromatic heterocycles. The molecular weight excluding hydrogens is 204 g/mol. The van der Waals surface area contributed by atoms with Crippen LogP contribution in [0.1, 0.15) is 29.4 Å². The van der Waals surface area contributed by atoms with Gasteiger partial charge in [-0.2, -0.15) is 0 Å². The summed E-state index contributed by atoms with van der Waals surface area (Å²) >= 11 is 0. The number of aromatic nitrogens is 1. The van der Waals surface area contributed by atoms with Crippen LogP contribution < -0.4 is 0 Å². The number of carboxylic acids is 1. The van der Waals surface area contributed by atoms with Crippen LogP contribution in [0.4, 0.5) is 0 Å². The predicted octanol–water partition coefficient (Wildman–Crippen LogP) is 1.70. The smallest absolute Gasteiger partial charge is 0.337 e. The molecule has 0 saturated heterocycles. The Morgan fingerprint density at radius 3 is 2.69 bits per heavy atom. The molecule has 0 aliphatic carbocycles. The third-order valence-corrected chi connectivity index (χ3v) is 2.65. The summed E-state index contributed by atoms with van der Waals surface area (Å²) in [6, 6.07) is 1.69. The van der Waals surface area contributed by atoms with Gasteiger partial charge < -0.3 is 14.6 Å². The molecule has 0 aromatic carbocycles. The van der Waals surface area contributed by atoms with Crippen molar-refractivity contribution in [3.8, 4) is 0 Å². The molecule has 0 aliphatic rings. The first-order valence-corrected chi connectivity index (χ1v) is 5.62. The predicted molar refractivity (Wildman–Crippen MR) is 63.9 cm³/mol. The van der Waals surface area contributed by atoms with E-state index in [0.717, 1.165) is 31.6 Å². The molecule has 0 aliphatic heterocycles. The average Bonchev–Trinajstić information content (AvgIpc) is 2.60. The highest BCUT2D eigenvalue weighted by atomic mass is 16.4. The highest BCUT2D eigenvalue weighted by Crippen LogP contribution is 2.12. The van der Waals surface area contributed by atoms with Crippen LogP contribution in [0.2, 0.25) is 0 Å². The lowest BCUT2D eigenvalue weighted by Crippen LogP contribution is -2.15. The average molecular weight is 224 g/mol. The maximum Gasteiger partial charge on any atom is 0.337 e. The minimum absolute atomic E-state index is 0.437. The minimum atomic E-state index is -0.830. The molecule has 0 unspecified atom stereocenters. The topological polar surface area (TPSA) is 45.5 Å². The highest BCUT2D eigenvalue weighted by molar-refractivity contribution is 5.89. The van der Waals surface area contributed by atoms with Gasteiger partial charge in [-0.1, -0.05) is 6.92 Å². The first kappa shape index (κ1) is 12.8. The summed E-state index contributed by atoms with van der Waals surface area (Å²) in [5.74, 6) is -0.830. The van der Waals surface area contributed by atoms with Gasteiger partial charge in [0.1, 0.15) is 0 Å². The van der Waals surface area contributed by atoms with Crippen LogP contribution in [0.3, 0.4) is 0 Å². The number of aromatic carboxylic acids is 1. The van der Waals surface area contributed by atoms with E-state index in [-0.39, 0.29) is 0 Å². The van der Waals surface area contributed by atoms with Crippen LogP contribution in [0.5, 0.6) is 0 Å². The standard InChI is InChI=1S/C12H20N2O2/c1-4-11-10(12(15)16)6-9-14(11)8-5-7-13(2)3/h6,9H,4-5,7-8H2,1-3H3,(H,15,16). The van der Waals surface area contributed by atoms with E-state index in [1.54, 1.807) is 6.07 Å². The van der Waals surface area contributed by atoms with Crippen molar-refractivity contribution in [2.75, 3.05) is 20.6 Å². The molecule has 0 saturated carbocycles. The van der Waals surface area contributed by atoms with Crippen molar-refractivity contribution in [2.24, 2.45) is 0 Å². The Bertz CT molecular complexity index is 356. The third kappa shape index (κ3) is 3.10. The Hall–Kier alpha value is -1.29. The van der Waals surface area contributed by atoms with E-state index in [9.17, 15) is 4.79 Å². The van der Waals surface area contributed by atoms with Gasteiger partial charge in [0.15, 0.2) is 0 Å². The van der Waals surface area contributed by atoms with Gasteiger partial charge in [0.05, 0.1) is 5.56 Å². The second-order valence-corrected chi connectivity index (χ2v) is 4.19. The lowest BCUT2D eigenvalue weighted by Gasteiger charge is -2.12. The molecule has 0 atom stereocenters. The van der Waals surface area contributed by atoms with Crippen molar-refractivity contribution in [3.63, 3.8) is 0 Å². The van der Waals surface area contributed by atoms with Crippen LogP contribution in [0.25, 0.3) is 0 Å². The summed E-state index contributed by atoms with van der Waals surface area (Å²) in [5, 5.41) is 9.00. The monoisotopic (exact) mass is 224 g/mol. The summed E-state index contributed by atoms with van der Waals surface area (Å²) in [5.41, 5.74) is 1.36. The van der Waals surface area contributed by atoms with Crippen LogP contribution in [0.15, 0.2) is 12.3 Å². The molecule has 1 N–H and O–H groups in total. The van der Waals surface area contributed by atoms with Gasteiger partial charge in [-0.15, -0.1) is 0 Å². The zero-order chi connectivity index (χ0) is 12.1. The van der Waals surface area contributed by atoms with Gasteiger partial charge in [-0.25, -0.2) is 4.79 Å². The van der Waals surface area contributed by atoms with Crippen molar-refractivity contribution in [1.29, 1.82) is 0 Å². The maximum atomic E-state index is 11.0. The number of carboxylic acid groups (broad SMARTS) is 1. The van der Waals surface area contributed by atoms with E-state index in [4.69, 9.17) is 5.11 Å². The van der Waals surface area contributed by atoms with E-state index in [0.29, 0.717) is 5.56 Å². The van der Waals surface area contributed by atoms with Crippen LogP contribution in [0, 0.1) is 0 Å². The Morgan fingerprint density at radius 2 is 2.19 bits per heavy atom. The fourth-order valence-electron chi connectivity index (χ4n) is 1.86. The van der Waals surface area contributed by atoms with Crippen molar-refractivity contribution >= 4 is 5.97 Å². The van der Waals surface area contributed by atoms with E-state index in [1.807, 2.05) is 31.8 Å². The SMILES string of the molecule is CCc1c(C(=O)O)ccn1CCCN(C)C. The molecule has 1 rings (SSSR count). The molecule has 0 bridgehead atoms. The van der Waals surface area contributed by atoms with Gasteiger partial charge >= 0.3 is 5.97 Å². The fourth-order valence-corrected chi connectivity index (χ4v) is 1.86. The summed E-state index contributed by atoms with van der Waals surface area (Å²) in [6.07, 6.45) is 3.67. The number of aryl methyl sites for hydroxylation is 1. The zero-order valence-electron chi connectivity index (χ0n) is 10.2. The molecular formula is C12H20N2O2.